The summed E-state index contributed by atoms with van der Waals surface area (Å²) in [5.74, 6) is -2.60. The molecule has 0 aromatic heterocycles. The fraction of sp³-hybridized carbons (Fsp3) is 0.320. The average molecular weight is 498 g/mol. The van der Waals surface area contributed by atoms with Gasteiger partial charge in [0.2, 0.25) is 11.8 Å². The van der Waals surface area contributed by atoms with Crippen LogP contribution in [0.4, 0.5) is 5.69 Å². The Morgan fingerprint density at radius 3 is 2.23 bits per heavy atom. The maximum absolute atomic E-state index is 12.8. The zero-order valence-corrected chi connectivity index (χ0v) is 19.7. The summed E-state index contributed by atoms with van der Waals surface area (Å²) in [4.78, 5) is 63.0. The molecule has 0 bridgehead atoms. The van der Waals surface area contributed by atoms with Crippen LogP contribution in [0.15, 0.2) is 48.5 Å². The highest BCUT2D eigenvalue weighted by molar-refractivity contribution is 6.30. The number of carbonyl (C=O) groups excluding carboxylic acids is 5. The SMILES string of the molecule is C[C@@H]1CC[C@H]2C(=O)N(c3ccc(C(=O)OCC(=O)NNC(=O)c4ccc(Cl)cc4)cc3)C(=O)[C@H]2C1. The van der Waals surface area contributed by atoms with Crippen LogP contribution in [0.2, 0.25) is 5.02 Å². The summed E-state index contributed by atoms with van der Waals surface area (Å²) in [5.41, 5.74) is 5.21. The number of esters is 1. The first-order valence-corrected chi connectivity index (χ1v) is 11.6. The molecule has 2 aromatic carbocycles. The van der Waals surface area contributed by atoms with Crippen molar-refractivity contribution in [2.75, 3.05) is 11.5 Å². The Morgan fingerprint density at radius 2 is 1.54 bits per heavy atom. The predicted octanol–water partition coefficient (Wildman–Crippen LogP) is 2.88. The van der Waals surface area contributed by atoms with Gasteiger partial charge < -0.3 is 4.74 Å². The lowest BCUT2D eigenvalue weighted by molar-refractivity contribution is -0.125. The topological polar surface area (TPSA) is 122 Å². The van der Waals surface area contributed by atoms with Gasteiger partial charge in [-0.2, -0.15) is 0 Å². The van der Waals surface area contributed by atoms with Crippen molar-refractivity contribution in [1.82, 2.24) is 10.9 Å². The van der Waals surface area contributed by atoms with Crippen LogP contribution in [0, 0.1) is 17.8 Å². The van der Waals surface area contributed by atoms with Crippen LogP contribution in [-0.4, -0.2) is 36.2 Å². The second kappa shape index (κ2) is 10.3. The van der Waals surface area contributed by atoms with E-state index in [0.29, 0.717) is 29.5 Å². The van der Waals surface area contributed by atoms with Crippen molar-refractivity contribution >= 4 is 46.9 Å². The van der Waals surface area contributed by atoms with E-state index in [9.17, 15) is 24.0 Å². The van der Waals surface area contributed by atoms with Crippen LogP contribution in [0.25, 0.3) is 0 Å². The van der Waals surface area contributed by atoms with Gasteiger partial charge in [0.1, 0.15) is 0 Å². The molecule has 1 aliphatic heterocycles. The molecule has 10 heteroatoms. The lowest BCUT2D eigenvalue weighted by Crippen LogP contribution is -2.43. The maximum Gasteiger partial charge on any atom is 0.338 e. The third-order valence-electron chi connectivity index (χ3n) is 6.31. The summed E-state index contributed by atoms with van der Waals surface area (Å²) in [6.07, 6.45) is 2.34. The second-order valence-electron chi connectivity index (χ2n) is 8.78. The van der Waals surface area contributed by atoms with Crippen molar-refractivity contribution < 1.29 is 28.7 Å². The summed E-state index contributed by atoms with van der Waals surface area (Å²) in [6.45, 7) is 1.47. The van der Waals surface area contributed by atoms with E-state index in [1.165, 1.54) is 53.4 Å². The molecule has 2 aromatic rings. The number of rotatable bonds is 5. The Kier molecular flexibility index (Phi) is 7.16. The number of amides is 4. The van der Waals surface area contributed by atoms with Crippen molar-refractivity contribution in [3.05, 3.63) is 64.7 Å². The average Bonchev–Trinajstić information content (AvgIpc) is 3.10. The molecule has 4 amide bonds. The van der Waals surface area contributed by atoms with Crippen LogP contribution in [0.5, 0.6) is 0 Å². The van der Waals surface area contributed by atoms with Crippen molar-refractivity contribution in [3.8, 4) is 0 Å². The maximum atomic E-state index is 12.8. The molecule has 1 aliphatic carbocycles. The minimum absolute atomic E-state index is 0.150. The number of imide groups is 1. The molecule has 9 nitrogen and oxygen atoms in total. The Hall–Kier alpha value is -3.72. The highest BCUT2D eigenvalue weighted by atomic mass is 35.5. The molecule has 2 fully saturated rings. The quantitative estimate of drug-likeness (QED) is 0.372. The molecule has 4 rings (SSSR count). The minimum atomic E-state index is -0.766. The molecular weight excluding hydrogens is 474 g/mol. The Morgan fingerprint density at radius 1 is 0.914 bits per heavy atom. The van der Waals surface area contributed by atoms with Crippen molar-refractivity contribution in [2.24, 2.45) is 17.8 Å². The standard InChI is InChI=1S/C25H24ClN3O6/c1-14-2-11-19-20(12-14)24(33)29(23(19)32)18-9-5-16(6-10-18)25(34)35-13-21(30)27-28-22(31)15-3-7-17(26)8-4-15/h3-10,14,19-20H,2,11-13H2,1H3,(H,27,30)(H,28,31)/t14-,19-,20+/m1/s1. The number of hydrogen-bond acceptors (Lipinski definition) is 6. The first-order chi connectivity index (χ1) is 16.7. The van der Waals surface area contributed by atoms with E-state index >= 15 is 0 Å². The lowest BCUT2D eigenvalue weighted by Gasteiger charge is -2.25. The Bertz CT molecular complexity index is 1160. The second-order valence-corrected chi connectivity index (χ2v) is 9.21. The van der Waals surface area contributed by atoms with Crippen LogP contribution in [-0.2, 0) is 19.1 Å². The summed E-state index contributed by atoms with van der Waals surface area (Å²) in [7, 11) is 0. The zero-order chi connectivity index (χ0) is 25.1. The number of hydrazine groups is 1. The Balaban J connectivity index is 1.28. The molecule has 0 unspecified atom stereocenters. The molecule has 35 heavy (non-hydrogen) atoms. The van der Waals surface area contributed by atoms with Crippen LogP contribution in [0.1, 0.15) is 46.9 Å². The summed E-state index contributed by atoms with van der Waals surface area (Å²) >= 11 is 5.77. The molecule has 0 spiro atoms. The van der Waals surface area contributed by atoms with Crippen molar-refractivity contribution in [1.29, 1.82) is 0 Å². The first-order valence-electron chi connectivity index (χ1n) is 11.2. The van der Waals surface area contributed by atoms with Gasteiger partial charge in [0.25, 0.3) is 11.8 Å². The number of carbonyl (C=O) groups is 5. The van der Waals surface area contributed by atoms with E-state index in [-0.39, 0.29) is 34.8 Å². The third kappa shape index (κ3) is 5.35. The van der Waals surface area contributed by atoms with E-state index in [0.717, 1.165) is 6.42 Å². The number of nitrogens with zero attached hydrogens (tertiary/aromatic N) is 1. The van der Waals surface area contributed by atoms with Gasteiger partial charge in [0.05, 0.1) is 23.1 Å². The smallest absolute Gasteiger partial charge is 0.338 e. The predicted molar refractivity (Wildman–Crippen MR) is 126 cm³/mol. The van der Waals surface area contributed by atoms with Crippen LogP contribution >= 0.6 is 11.6 Å². The first kappa shape index (κ1) is 24.4. The summed E-state index contributed by atoms with van der Waals surface area (Å²) in [5, 5.41) is 0.469. The van der Waals surface area contributed by atoms with Gasteiger partial charge in [-0.1, -0.05) is 18.5 Å². The molecule has 2 N–H and O–H groups in total. The molecule has 182 valence electrons. The number of hydrogen-bond donors (Lipinski definition) is 2. The summed E-state index contributed by atoms with van der Waals surface area (Å²) < 4.78 is 4.97. The lowest BCUT2D eigenvalue weighted by atomic mass is 9.76. The zero-order valence-electron chi connectivity index (χ0n) is 19.0. The molecule has 1 saturated heterocycles. The van der Waals surface area contributed by atoms with E-state index < -0.39 is 24.4 Å². The normalized spacial score (nSPS) is 21.3. The molecule has 0 radical (unpaired) electrons. The molecule has 3 atom stereocenters. The van der Waals surface area contributed by atoms with Gasteiger partial charge in [-0.25, -0.2) is 4.79 Å². The monoisotopic (exact) mass is 497 g/mol. The van der Waals surface area contributed by atoms with Gasteiger partial charge in [0.15, 0.2) is 6.61 Å². The number of nitrogens with one attached hydrogen (secondary N) is 2. The number of fused-ring (bicyclic) bond motifs is 1. The van der Waals surface area contributed by atoms with E-state index in [2.05, 4.69) is 17.8 Å². The van der Waals surface area contributed by atoms with Gasteiger partial charge in [-0.3, -0.25) is 34.9 Å². The molecule has 1 heterocycles. The largest absolute Gasteiger partial charge is 0.452 e. The Labute approximate surface area is 206 Å². The van der Waals surface area contributed by atoms with E-state index in [1.807, 2.05) is 0 Å². The fourth-order valence-corrected chi connectivity index (χ4v) is 4.57. The number of ether oxygens (including phenoxy) is 1. The molecule has 1 saturated carbocycles. The number of anilines is 1. The van der Waals surface area contributed by atoms with Gasteiger partial charge in [-0.05, 0) is 73.7 Å². The van der Waals surface area contributed by atoms with Gasteiger partial charge in [0, 0.05) is 10.6 Å². The van der Waals surface area contributed by atoms with Crippen molar-refractivity contribution in [2.45, 2.75) is 26.2 Å². The fourth-order valence-electron chi connectivity index (χ4n) is 4.44. The summed E-state index contributed by atoms with van der Waals surface area (Å²) in [6, 6.07) is 11.9. The van der Waals surface area contributed by atoms with E-state index in [4.69, 9.17) is 16.3 Å². The van der Waals surface area contributed by atoms with E-state index in [1.54, 1.807) is 0 Å². The molecular formula is C25H24ClN3O6. The minimum Gasteiger partial charge on any atom is -0.452 e. The van der Waals surface area contributed by atoms with Gasteiger partial charge >= 0.3 is 5.97 Å². The van der Waals surface area contributed by atoms with Gasteiger partial charge in [-0.15, -0.1) is 0 Å². The molecule has 2 aliphatic rings. The van der Waals surface area contributed by atoms with Crippen molar-refractivity contribution in [3.63, 3.8) is 0 Å². The highest BCUT2D eigenvalue weighted by Crippen LogP contribution is 2.42. The number of benzene rings is 2. The third-order valence-corrected chi connectivity index (χ3v) is 6.56. The van der Waals surface area contributed by atoms with Crippen LogP contribution in [0.3, 0.4) is 0 Å². The number of halogens is 1. The highest BCUT2D eigenvalue weighted by Gasteiger charge is 2.49. The van der Waals surface area contributed by atoms with Crippen LogP contribution < -0.4 is 15.8 Å².